The molecular weight excluding hydrogens is 460 g/mol. The largest absolute Gasteiger partial charge is 0.496 e. The van der Waals surface area contributed by atoms with Gasteiger partial charge in [0.05, 0.1) is 23.7 Å². The molecule has 35 heavy (non-hydrogen) atoms. The number of nitrogens with one attached hydrogen (secondary N) is 1. The topological polar surface area (TPSA) is 75.7 Å². The lowest BCUT2D eigenvalue weighted by Crippen LogP contribution is -2.41. The summed E-state index contributed by atoms with van der Waals surface area (Å²) in [7, 11) is -2.29. The molecule has 0 heterocycles. The first-order valence-corrected chi connectivity index (χ1v) is 13.1. The van der Waals surface area contributed by atoms with Crippen molar-refractivity contribution in [1.82, 2.24) is 5.32 Å². The van der Waals surface area contributed by atoms with Crippen molar-refractivity contribution in [1.29, 1.82) is 0 Å². The van der Waals surface area contributed by atoms with E-state index in [0.717, 1.165) is 32.3 Å². The molecule has 7 heteroatoms. The van der Waals surface area contributed by atoms with Crippen LogP contribution in [0.1, 0.15) is 55.0 Å². The van der Waals surface area contributed by atoms with Crippen LogP contribution in [0.4, 0.5) is 5.69 Å². The van der Waals surface area contributed by atoms with Crippen LogP contribution in [-0.2, 0) is 14.8 Å². The van der Waals surface area contributed by atoms with Crippen LogP contribution in [0, 0.1) is 13.8 Å². The Morgan fingerprint density at radius 1 is 0.943 bits per heavy atom. The number of anilines is 1. The summed E-state index contributed by atoms with van der Waals surface area (Å²) in [4.78, 5) is 13.3. The van der Waals surface area contributed by atoms with Crippen molar-refractivity contribution in [2.75, 3.05) is 18.0 Å². The van der Waals surface area contributed by atoms with Gasteiger partial charge in [-0.05, 0) is 79.8 Å². The molecule has 6 nitrogen and oxygen atoms in total. The van der Waals surface area contributed by atoms with Gasteiger partial charge in [0, 0.05) is 0 Å². The van der Waals surface area contributed by atoms with Gasteiger partial charge >= 0.3 is 0 Å². The van der Waals surface area contributed by atoms with Crippen LogP contribution in [0.5, 0.6) is 5.75 Å². The average Bonchev–Trinajstić information content (AvgIpc) is 2.82. The number of rotatable bonds is 9. The maximum Gasteiger partial charge on any atom is 0.264 e. The van der Waals surface area contributed by atoms with Crippen LogP contribution in [0.2, 0.25) is 0 Å². The standard InChI is InChI=1S/C28H34N2O4S/c1-19(2)25-17-26(21(4)16-27(25)34-6)22(5)29-28(31)18-30(23-10-8-7-9-11-23)35(32,33)24-14-12-20(3)13-15-24/h7-17,19,22H,18H2,1-6H3,(H,29,31)/t22-/m0/s1. The number of carbonyl (C=O) groups is 1. The average molecular weight is 495 g/mol. The van der Waals surface area contributed by atoms with Crippen LogP contribution in [-0.4, -0.2) is 28.0 Å². The zero-order valence-electron chi connectivity index (χ0n) is 21.2. The number of amides is 1. The van der Waals surface area contributed by atoms with Crippen molar-refractivity contribution in [3.05, 3.63) is 89.0 Å². The number of hydrogen-bond acceptors (Lipinski definition) is 4. The molecule has 0 radical (unpaired) electrons. The fourth-order valence-corrected chi connectivity index (χ4v) is 5.47. The number of nitrogens with zero attached hydrogens (tertiary/aromatic N) is 1. The molecule has 0 aliphatic rings. The van der Waals surface area contributed by atoms with E-state index in [0.29, 0.717) is 5.69 Å². The highest BCUT2D eigenvalue weighted by atomic mass is 32.2. The highest BCUT2D eigenvalue weighted by molar-refractivity contribution is 7.92. The highest BCUT2D eigenvalue weighted by Crippen LogP contribution is 2.32. The number of hydrogen-bond donors (Lipinski definition) is 1. The van der Waals surface area contributed by atoms with Crippen molar-refractivity contribution in [2.45, 2.75) is 51.5 Å². The Bertz CT molecular complexity index is 1270. The molecule has 3 aromatic rings. The highest BCUT2D eigenvalue weighted by Gasteiger charge is 2.28. The quantitative estimate of drug-likeness (QED) is 0.426. The molecule has 0 aliphatic carbocycles. The Balaban J connectivity index is 1.89. The van der Waals surface area contributed by atoms with Gasteiger partial charge in [-0.3, -0.25) is 9.10 Å². The third-order valence-electron chi connectivity index (χ3n) is 6.02. The zero-order valence-corrected chi connectivity index (χ0v) is 22.0. The third kappa shape index (κ3) is 6.03. The second-order valence-corrected chi connectivity index (χ2v) is 10.9. The lowest BCUT2D eigenvalue weighted by molar-refractivity contribution is -0.120. The molecule has 0 saturated heterocycles. The van der Waals surface area contributed by atoms with E-state index in [2.05, 4.69) is 25.2 Å². The predicted octanol–water partition coefficient (Wildman–Crippen LogP) is 5.51. The van der Waals surface area contributed by atoms with Crippen molar-refractivity contribution in [3.8, 4) is 5.75 Å². The monoisotopic (exact) mass is 494 g/mol. The molecular formula is C28H34N2O4S. The number of carbonyl (C=O) groups excluding carboxylic acids is 1. The summed E-state index contributed by atoms with van der Waals surface area (Å²) >= 11 is 0. The van der Waals surface area contributed by atoms with E-state index in [9.17, 15) is 13.2 Å². The summed E-state index contributed by atoms with van der Waals surface area (Å²) in [6.45, 7) is 9.62. The zero-order chi connectivity index (χ0) is 25.8. The number of benzene rings is 3. The number of ether oxygens (including phenoxy) is 1. The molecule has 0 saturated carbocycles. The molecule has 1 amide bonds. The normalized spacial score (nSPS) is 12.3. The van der Waals surface area contributed by atoms with Crippen LogP contribution < -0.4 is 14.4 Å². The van der Waals surface area contributed by atoms with Gasteiger partial charge in [-0.25, -0.2) is 8.42 Å². The van der Waals surface area contributed by atoms with Gasteiger partial charge in [-0.2, -0.15) is 0 Å². The summed E-state index contributed by atoms with van der Waals surface area (Å²) < 4.78 is 33.7. The first kappa shape index (κ1) is 26.3. The summed E-state index contributed by atoms with van der Waals surface area (Å²) in [5.74, 6) is 0.679. The van der Waals surface area contributed by atoms with Gasteiger partial charge < -0.3 is 10.1 Å². The molecule has 3 aromatic carbocycles. The summed E-state index contributed by atoms with van der Waals surface area (Å²) in [5.41, 5.74) is 4.40. The molecule has 186 valence electrons. The maximum absolute atomic E-state index is 13.5. The van der Waals surface area contributed by atoms with Crippen molar-refractivity contribution in [3.63, 3.8) is 0 Å². The van der Waals surface area contributed by atoms with Crippen LogP contribution in [0.3, 0.4) is 0 Å². The maximum atomic E-state index is 13.5. The van der Waals surface area contributed by atoms with Gasteiger partial charge in [0.15, 0.2) is 0 Å². The summed E-state index contributed by atoms with van der Waals surface area (Å²) in [6.07, 6.45) is 0. The summed E-state index contributed by atoms with van der Waals surface area (Å²) in [5, 5.41) is 2.99. The molecule has 1 N–H and O–H groups in total. The minimum Gasteiger partial charge on any atom is -0.496 e. The predicted molar refractivity (Wildman–Crippen MR) is 141 cm³/mol. The van der Waals surface area contributed by atoms with E-state index in [1.807, 2.05) is 26.8 Å². The number of methoxy groups -OCH3 is 1. The minimum atomic E-state index is -3.95. The van der Waals surface area contributed by atoms with E-state index < -0.39 is 15.9 Å². The van der Waals surface area contributed by atoms with Gasteiger partial charge in [0.2, 0.25) is 5.91 Å². The van der Waals surface area contributed by atoms with Gasteiger partial charge in [-0.1, -0.05) is 49.7 Å². The fourth-order valence-electron chi connectivity index (χ4n) is 4.05. The number of aryl methyl sites for hydroxylation is 2. The molecule has 0 aromatic heterocycles. The lowest BCUT2D eigenvalue weighted by Gasteiger charge is -2.26. The van der Waals surface area contributed by atoms with Gasteiger partial charge in [-0.15, -0.1) is 0 Å². The molecule has 0 aliphatic heterocycles. The Kier molecular flexibility index (Phi) is 8.22. The first-order valence-electron chi connectivity index (χ1n) is 11.7. The first-order chi connectivity index (χ1) is 16.5. The van der Waals surface area contributed by atoms with E-state index in [-0.39, 0.29) is 23.4 Å². The van der Waals surface area contributed by atoms with Crippen molar-refractivity contribution >= 4 is 21.6 Å². The van der Waals surface area contributed by atoms with Crippen molar-refractivity contribution < 1.29 is 17.9 Å². The molecule has 3 rings (SSSR count). The van der Waals surface area contributed by atoms with Crippen LogP contribution in [0.25, 0.3) is 0 Å². The molecule has 1 atom stereocenters. The Hall–Kier alpha value is -3.32. The second kappa shape index (κ2) is 11.0. The molecule has 0 bridgehead atoms. The lowest BCUT2D eigenvalue weighted by atomic mass is 9.93. The van der Waals surface area contributed by atoms with Crippen LogP contribution in [0.15, 0.2) is 71.6 Å². The molecule has 0 unspecified atom stereocenters. The minimum absolute atomic E-state index is 0.139. The van der Waals surface area contributed by atoms with E-state index in [4.69, 9.17) is 4.74 Å². The Labute approximate surface area is 209 Å². The second-order valence-electron chi connectivity index (χ2n) is 9.05. The van der Waals surface area contributed by atoms with Crippen LogP contribution >= 0.6 is 0 Å². The number of sulfonamides is 1. The Morgan fingerprint density at radius 3 is 2.14 bits per heavy atom. The van der Waals surface area contributed by atoms with Gasteiger partial charge in [0.1, 0.15) is 12.3 Å². The number of para-hydroxylation sites is 1. The SMILES string of the molecule is COc1cc(C)c([C@H](C)NC(=O)CN(c2ccccc2)S(=O)(=O)c2ccc(C)cc2)cc1C(C)C. The summed E-state index contributed by atoms with van der Waals surface area (Å²) in [6, 6.07) is 19.0. The van der Waals surface area contributed by atoms with E-state index >= 15 is 0 Å². The Morgan fingerprint density at radius 2 is 1.57 bits per heavy atom. The fraction of sp³-hybridized carbons (Fsp3) is 0.321. The van der Waals surface area contributed by atoms with Crippen molar-refractivity contribution in [2.24, 2.45) is 0 Å². The third-order valence-corrected chi connectivity index (χ3v) is 7.81. The van der Waals surface area contributed by atoms with E-state index in [1.54, 1.807) is 61.7 Å². The van der Waals surface area contributed by atoms with Gasteiger partial charge in [0.25, 0.3) is 10.0 Å². The molecule has 0 fully saturated rings. The van der Waals surface area contributed by atoms with E-state index in [1.165, 1.54) is 0 Å². The molecule has 0 spiro atoms. The smallest absolute Gasteiger partial charge is 0.264 e.